The molecular weight excluding hydrogens is 380 g/mol. The van der Waals surface area contributed by atoms with Crippen molar-refractivity contribution in [3.63, 3.8) is 0 Å². The lowest BCUT2D eigenvalue weighted by molar-refractivity contribution is 0.291. The third-order valence-electron chi connectivity index (χ3n) is 4.19. The topological polar surface area (TPSA) is 78.4 Å². The van der Waals surface area contributed by atoms with E-state index in [1.54, 1.807) is 14.2 Å². The summed E-state index contributed by atoms with van der Waals surface area (Å²) in [5.41, 5.74) is 1.79. The molecule has 7 nitrogen and oxygen atoms in total. The van der Waals surface area contributed by atoms with Gasteiger partial charge in [0.15, 0.2) is 5.82 Å². The third kappa shape index (κ3) is 3.94. The maximum atomic E-state index is 6.11. The molecule has 0 saturated heterocycles. The fourth-order valence-electron chi connectivity index (χ4n) is 2.70. The van der Waals surface area contributed by atoms with Gasteiger partial charge in [-0.15, -0.1) is 0 Å². The molecule has 0 spiro atoms. The number of aromatic nitrogens is 3. The Balaban J connectivity index is 1.74. The monoisotopic (exact) mass is 398 g/mol. The van der Waals surface area contributed by atoms with Gasteiger partial charge in [0.2, 0.25) is 5.88 Å². The van der Waals surface area contributed by atoms with Crippen molar-refractivity contribution in [2.75, 3.05) is 19.5 Å². The highest BCUT2D eigenvalue weighted by Gasteiger charge is 2.24. The van der Waals surface area contributed by atoms with Crippen LogP contribution in [0, 0.1) is 0 Å². The zero-order valence-corrected chi connectivity index (χ0v) is 16.2. The van der Waals surface area contributed by atoms with Crippen LogP contribution >= 0.6 is 11.6 Å². The first-order valence-electron chi connectivity index (χ1n) is 8.82. The fraction of sp³-hybridized carbons (Fsp3) is 0.250. The zero-order valence-electron chi connectivity index (χ0n) is 15.5. The second kappa shape index (κ2) is 7.90. The summed E-state index contributed by atoms with van der Waals surface area (Å²) in [6.07, 6.45) is 3.87. The van der Waals surface area contributed by atoms with E-state index in [-0.39, 0.29) is 11.3 Å². The number of nitrogens with zero attached hydrogens (tertiary/aromatic N) is 3. The number of methoxy groups -OCH3 is 2. The predicted molar refractivity (Wildman–Crippen MR) is 107 cm³/mol. The second-order valence-electron chi connectivity index (χ2n) is 6.23. The van der Waals surface area contributed by atoms with Crippen LogP contribution in [-0.2, 0) is 0 Å². The average Bonchev–Trinajstić information content (AvgIpc) is 3.52. The van der Waals surface area contributed by atoms with Crippen molar-refractivity contribution >= 4 is 23.1 Å². The quantitative estimate of drug-likeness (QED) is 0.627. The molecule has 0 aliphatic heterocycles. The number of rotatable bonds is 7. The Bertz CT molecular complexity index is 973. The van der Waals surface area contributed by atoms with Gasteiger partial charge < -0.3 is 19.5 Å². The van der Waals surface area contributed by atoms with E-state index in [1.807, 2.05) is 36.4 Å². The van der Waals surface area contributed by atoms with Crippen LogP contribution in [-0.4, -0.2) is 35.3 Å². The molecule has 0 radical (unpaired) electrons. The molecule has 28 heavy (non-hydrogen) atoms. The highest BCUT2D eigenvalue weighted by Crippen LogP contribution is 2.38. The van der Waals surface area contributed by atoms with E-state index < -0.39 is 0 Å². The molecule has 0 atom stereocenters. The standard InChI is InChI=1S/C20H19ClN4O3/c1-26-14-6-4-7-15(27-2)19(14)25-20-18(22-11-16(21)24-20)13-5-3-8-17(23-13)28-12-9-10-12/h3-8,11-12H,9-10H2,1-2H3,(H,24,25). The van der Waals surface area contributed by atoms with Gasteiger partial charge >= 0.3 is 0 Å². The van der Waals surface area contributed by atoms with Crippen molar-refractivity contribution in [3.8, 4) is 28.8 Å². The molecule has 0 amide bonds. The van der Waals surface area contributed by atoms with Gasteiger partial charge in [0.1, 0.15) is 34.1 Å². The van der Waals surface area contributed by atoms with Gasteiger partial charge in [-0.25, -0.2) is 15.0 Å². The number of nitrogens with one attached hydrogen (secondary N) is 1. The van der Waals surface area contributed by atoms with Crippen LogP contribution in [0.5, 0.6) is 17.4 Å². The summed E-state index contributed by atoms with van der Waals surface area (Å²) in [6, 6.07) is 11.1. The lowest BCUT2D eigenvalue weighted by Gasteiger charge is -2.16. The summed E-state index contributed by atoms with van der Waals surface area (Å²) in [7, 11) is 3.18. The van der Waals surface area contributed by atoms with Gasteiger partial charge in [0.25, 0.3) is 0 Å². The average molecular weight is 399 g/mol. The van der Waals surface area contributed by atoms with E-state index in [1.165, 1.54) is 6.20 Å². The summed E-state index contributed by atoms with van der Waals surface area (Å²) in [5, 5.41) is 3.49. The van der Waals surface area contributed by atoms with Crippen molar-refractivity contribution in [2.45, 2.75) is 18.9 Å². The SMILES string of the molecule is COc1cccc(OC)c1Nc1nc(Cl)cnc1-c1cccc(OC2CC2)n1. The number of ether oxygens (including phenoxy) is 3. The Morgan fingerprint density at radius 3 is 2.39 bits per heavy atom. The van der Waals surface area contributed by atoms with Gasteiger partial charge in [-0.1, -0.05) is 23.7 Å². The van der Waals surface area contributed by atoms with Crippen LogP contribution in [0.2, 0.25) is 5.15 Å². The first-order valence-corrected chi connectivity index (χ1v) is 9.20. The van der Waals surface area contributed by atoms with Crippen LogP contribution in [0.3, 0.4) is 0 Å². The molecule has 1 aromatic carbocycles. The van der Waals surface area contributed by atoms with Crippen LogP contribution in [0.1, 0.15) is 12.8 Å². The zero-order chi connectivity index (χ0) is 19.5. The lowest BCUT2D eigenvalue weighted by atomic mass is 10.2. The molecule has 1 N–H and O–H groups in total. The summed E-state index contributed by atoms with van der Waals surface area (Å²) in [6.45, 7) is 0. The van der Waals surface area contributed by atoms with Crippen molar-refractivity contribution in [3.05, 3.63) is 47.7 Å². The number of anilines is 2. The number of benzene rings is 1. The molecule has 2 aromatic heterocycles. The normalized spacial score (nSPS) is 13.1. The molecule has 2 heterocycles. The Kier molecular flexibility index (Phi) is 5.16. The molecule has 0 unspecified atom stereocenters. The van der Waals surface area contributed by atoms with Crippen LogP contribution in [0.25, 0.3) is 11.4 Å². The van der Waals surface area contributed by atoms with Gasteiger partial charge in [0, 0.05) is 6.07 Å². The fourth-order valence-corrected chi connectivity index (χ4v) is 2.84. The molecule has 144 valence electrons. The molecule has 1 saturated carbocycles. The Morgan fingerprint density at radius 1 is 1.00 bits per heavy atom. The van der Waals surface area contributed by atoms with E-state index in [4.69, 9.17) is 25.8 Å². The number of hydrogen-bond acceptors (Lipinski definition) is 7. The van der Waals surface area contributed by atoms with Gasteiger partial charge in [-0.2, -0.15) is 0 Å². The third-order valence-corrected chi connectivity index (χ3v) is 4.37. The van der Waals surface area contributed by atoms with Gasteiger partial charge in [-0.3, -0.25) is 0 Å². The van der Waals surface area contributed by atoms with E-state index in [0.29, 0.717) is 40.3 Å². The Labute approximate surface area is 167 Å². The van der Waals surface area contributed by atoms with Crippen molar-refractivity contribution in [1.82, 2.24) is 15.0 Å². The molecule has 1 fully saturated rings. The lowest BCUT2D eigenvalue weighted by Crippen LogP contribution is -2.04. The maximum Gasteiger partial charge on any atom is 0.214 e. The summed E-state index contributed by atoms with van der Waals surface area (Å²) in [5.74, 6) is 2.21. The highest BCUT2D eigenvalue weighted by molar-refractivity contribution is 6.29. The maximum absolute atomic E-state index is 6.11. The minimum absolute atomic E-state index is 0.255. The van der Waals surface area contributed by atoms with Crippen LogP contribution < -0.4 is 19.5 Å². The smallest absolute Gasteiger partial charge is 0.214 e. The minimum Gasteiger partial charge on any atom is -0.494 e. The molecule has 4 rings (SSSR count). The Hall–Kier alpha value is -3.06. The molecule has 1 aliphatic carbocycles. The second-order valence-corrected chi connectivity index (χ2v) is 6.62. The van der Waals surface area contributed by atoms with Crippen molar-refractivity contribution in [1.29, 1.82) is 0 Å². The van der Waals surface area contributed by atoms with E-state index in [2.05, 4.69) is 20.3 Å². The van der Waals surface area contributed by atoms with Gasteiger partial charge in [-0.05, 0) is 31.0 Å². The molecule has 0 bridgehead atoms. The first kappa shape index (κ1) is 18.3. The molecule has 3 aromatic rings. The molecule has 1 aliphatic rings. The molecule has 8 heteroatoms. The predicted octanol–water partition coefficient (Wildman–Crippen LogP) is 4.49. The van der Waals surface area contributed by atoms with Crippen LogP contribution in [0.4, 0.5) is 11.5 Å². The van der Waals surface area contributed by atoms with Gasteiger partial charge in [0.05, 0.1) is 26.1 Å². The number of halogens is 1. The van der Waals surface area contributed by atoms with E-state index >= 15 is 0 Å². The largest absolute Gasteiger partial charge is 0.494 e. The summed E-state index contributed by atoms with van der Waals surface area (Å²) >= 11 is 6.11. The minimum atomic E-state index is 0.255. The van der Waals surface area contributed by atoms with Crippen molar-refractivity contribution in [2.24, 2.45) is 0 Å². The van der Waals surface area contributed by atoms with E-state index in [0.717, 1.165) is 12.8 Å². The number of pyridine rings is 1. The number of hydrogen-bond donors (Lipinski definition) is 1. The Morgan fingerprint density at radius 2 is 1.71 bits per heavy atom. The van der Waals surface area contributed by atoms with Crippen LogP contribution in [0.15, 0.2) is 42.6 Å². The summed E-state index contributed by atoms with van der Waals surface area (Å²) in [4.78, 5) is 13.4. The van der Waals surface area contributed by atoms with Crippen molar-refractivity contribution < 1.29 is 14.2 Å². The first-order chi connectivity index (χ1) is 13.7. The summed E-state index contributed by atoms with van der Waals surface area (Å²) < 4.78 is 16.7. The highest BCUT2D eigenvalue weighted by atomic mass is 35.5. The van der Waals surface area contributed by atoms with E-state index in [9.17, 15) is 0 Å². The number of para-hydroxylation sites is 1. The molecular formula is C20H19ClN4O3.